The molecule has 8 heteroatoms. The molecule has 7 nitrogen and oxygen atoms in total. The van der Waals surface area contributed by atoms with Gasteiger partial charge in [-0.15, -0.1) is 0 Å². The summed E-state index contributed by atoms with van der Waals surface area (Å²) >= 11 is 0. The molecule has 29 heavy (non-hydrogen) atoms. The van der Waals surface area contributed by atoms with Gasteiger partial charge in [-0.25, -0.2) is 12.7 Å². The number of benzene rings is 2. The molecular formula is C21H22N4O3S. The van der Waals surface area contributed by atoms with E-state index in [0.29, 0.717) is 12.2 Å². The van der Waals surface area contributed by atoms with E-state index in [1.165, 1.54) is 32.3 Å². The van der Waals surface area contributed by atoms with Crippen molar-refractivity contribution in [2.45, 2.75) is 11.4 Å². The fraction of sp³-hybridized carbons (Fsp3) is 0.143. The van der Waals surface area contributed by atoms with Crippen molar-refractivity contribution in [2.24, 2.45) is 0 Å². The topological polar surface area (TPSA) is 84.3 Å². The summed E-state index contributed by atoms with van der Waals surface area (Å²) in [6, 6.07) is 16.0. The molecule has 0 fully saturated rings. The van der Waals surface area contributed by atoms with Crippen LogP contribution in [0.5, 0.6) is 0 Å². The first-order chi connectivity index (χ1) is 13.8. The molecule has 0 spiro atoms. The lowest BCUT2D eigenvalue weighted by molar-refractivity contribution is -0.111. The highest BCUT2D eigenvalue weighted by Gasteiger charge is 2.16. The SMILES string of the molecule is CN(C)S(=O)(=O)c1ccc(NC(=O)/C=C/c2cnn(Cc3ccccc3)c2)cc1. The minimum atomic E-state index is -3.49. The molecule has 3 rings (SSSR count). The van der Waals surface area contributed by atoms with Crippen molar-refractivity contribution < 1.29 is 13.2 Å². The number of aromatic nitrogens is 2. The van der Waals surface area contributed by atoms with Crippen molar-refractivity contribution in [1.29, 1.82) is 0 Å². The monoisotopic (exact) mass is 410 g/mol. The van der Waals surface area contributed by atoms with Gasteiger partial charge in [0.1, 0.15) is 0 Å². The van der Waals surface area contributed by atoms with Gasteiger partial charge in [0.05, 0.1) is 17.6 Å². The minimum absolute atomic E-state index is 0.168. The van der Waals surface area contributed by atoms with Gasteiger partial charge in [-0.3, -0.25) is 9.48 Å². The summed E-state index contributed by atoms with van der Waals surface area (Å²) in [4.78, 5) is 12.3. The van der Waals surface area contributed by atoms with Crippen LogP contribution in [-0.4, -0.2) is 42.5 Å². The molecule has 1 aromatic heterocycles. The second kappa shape index (κ2) is 8.85. The number of rotatable bonds is 7. The smallest absolute Gasteiger partial charge is 0.248 e. The quantitative estimate of drug-likeness (QED) is 0.607. The molecule has 0 aliphatic heterocycles. The van der Waals surface area contributed by atoms with Gasteiger partial charge in [-0.1, -0.05) is 30.3 Å². The molecule has 1 heterocycles. The van der Waals surface area contributed by atoms with E-state index in [0.717, 1.165) is 15.4 Å². The first-order valence-corrected chi connectivity index (χ1v) is 10.4. The molecule has 0 aliphatic carbocycles. The van der Waals surface area contributed by atoms with Crippen LogP contribution in [0.2, 0.25) is 0 Å². The zero-order valence-electron chi connectivity index (χ0n) is 16.2. The summed E-state index contributed by atoms with van der Waals surface area (Å²) in [7, 11) is -0.551. The molecular weight excluding hydrogens is 388 g/mol. The van der Waals surface area contributed by atoms with Crippen LogP contribution in [0.25, 0.3) is 6.08 Å². The largest absolute Gasteiger partial charge is 0.323 e. The van der Waals surface area contributed by atoms with Crippen LogP contribution >= 0.6 is 0 Å². The van der Waals surface area contributed by atoms with Crippen LogP contribution < -0.4 is 5.32 Å². The van der Waals surface area contributed by atoms with Crippen LogP contribution in [0.3, 0.4) is 0 Å². The van der Waals surface area contributed by atoms with E-state index in [1.807, 2.05) is 36.5 Å². The van der Waals surface area contributed by atoms with E-state index in [1.54, 1.807) is 29.1 Å². The maximum atomic E-state index is 12.1. The fourth-order valence-corrected chi connectivity index (χ4v) is 3.50. The van der Waals surface area contributed by atoms with Gasteiger partial charge < -0.3 is 5.32 Å². The summed E-state index contributed by atoms with van der Waals surface area (Å²) < 4.78 is 27.1. The number of amides is 1. The predicted molar refractivity (Wildman–Crippen MR) is 113 cm³/mol. The van der Waals surface area contributed by atoms with Gasteiger partial charge in [0.25, 0.3) is 0 Å². The lowest BCUT2D eigenvalue weighted by Crippen LogP contribution is -2.22. The number of carbonyl (C=O) groups excluding carboxylic acids is 1. The predicted octanol–water partition coefficient (Wildman–Crippen LogP) is 2.83. The third kappa shape index (κ3) is 5.40. The molecule has 150 valence electrons. The molecule has 0 saturated heterocycles. The number of nitrogens with one attached hydrogen (secondary N) is 1. The molecule has 1 amide bonds. The van der Waals surface area contributed by atoms with Crippen molar-refractivity contribution in [3.05, 3.63) is 84.2 Å². The first kappa shape index (κ1) is 20.5. The molecule has 0 unspecified atom stereocenters. The van der Waals surface area contributed by atoms with Crippen LogP contribution in [0, 0.1) is 0 Å². The second-order valence-electron chi connectivity index (χ2n) is 6.59. The highest BCUT2D eigenvalue weighted by atomic mass is 32.2. The Hall–Kier alpha value is -3.23. The Kier molecular flexibility index (Phi) is 6.26. The molecule has 0 atom stereocenters. The van der Waals surface area contributed by atoms with Gasteiger partial charge in [0, 0.05) is 37.6 Å². The third-order valence-electron chi connectivity index (χ3n) is 4.17. The third-order valence-corrected chi connectivity index (χ3v) is 6.00. The highest BCUT2D eigenvalue weighted by Crippen LogP contribution is 2.16. The van der Waals surface area contributed by atoms with E-state index >= 15 is 0 Å². The summed E-state index contributed by atoms with van der Waals surface area (Å²) in [6.07, 6.45) is 6.63. The summed E-state index contributed by atoms with van der Waals surface area (Å²) in [5.74, 6) is -0.316. The summed E-state index contributed by atoms with van der Waals surface area (Å²) in [5, 5.41) is 7.00. The zero-order chi connectivity index (χ0) is 20.9. The summed E-state index contributed by atoms with van der Waals surface area (Å²) in [6.45, 7) is 0.656. The normalized spacial score (nSPS) is 11.8. The van der Waals surface area contributed by atoms with Gasteiger partial charge in [0.2, 0.25) is 15.9 Å². The molecule has 0 saturated carbocycles. The Morgan fingerprint density at radius 3 is 2.45 bits per heavy atom. The maximum absolute atomic E-state index is 12.1. The van der Waals surface area contributed by atoms with Crippen molar-refractivity contribution in [3.63, 3.8) is 0 Å². The minimum Gasteiger partial charge on any atom is -0.323 e. The Bertz CT molecular complexity index is 1100. The van der Waals surface area contributed by atoms with Gasteiger partial charge in [-0.05, 0) is 35.9 Å². The molecule has 0 radical (unpaired) electrons. The average Bonchev–Trinajstić information content (AvgIpc) is 3.15. The van der Waals surface area contributed by atoms with Gasteiger partial charge >= 0.3 is 0 Å². The Morgan fingerprint density at radius 1 is 1.10 bits per heavy atom. The fourth-order valence-electron chi connectivity index (χ4n) is 2.60. The van der Waals surface area contributed by atoms with Gasteiger partial charge in [0.15, 0.2) is 0 Å². The number of hydrogen-bond donors (Lipinski definition) is 1. The molecule has 1 N–H and O–H groups in total. The number of hydrogen-bond acceptors (Lipinski definition) is 4. The van der Waals surface area contributed by atoms with Crippen LogP contribution in [0.15, 0.2) is 78.0 Å². The summed E-state index contributed by atoms with van der Waals surface area (Å²) in [5.41, 5.74) is 2.46. The Labute approximate surface area is 170 Å². The van der Waals surface area contributed by atoms with Crippen LogP contribution in [0.4, 0.5) is 5.69 Å². The van der Waals surface area contributed by atoms with E-state index in [4.69, 9.17) is 0 Å². The standard InChI is InChI=1S/C21H22N4O3S/c1-24(2)29(27,28)20-11-9-19(10-12-20)23-21(26)13-8-18-14-22-25(16-18)15-17-6-4-3-5-7-17/h3-14,16H,15H2,1-2H3,(H,23,26)/b13-8+. The van der Waals surface area contributed by atoms with Crippen molar-refractivity contribution in [1.82, 2.24) is 14.1 Å². The van der Waals surface area contributed by atoms with Crippen molar-refractivity contribution >= 4 is 27.7 Å². The zero-order valence-corrected chi connectivity index (χ0v) is 17.0. The van der Waals surface area contributed by atoms with Crippen LogP contribution in [-0.2, 0) is 21.4 Å². The van der Waals surface area contributed by atoms with E-state index < -0.39 is 10.0 Å². The van der Waals surface area contributed by atoms with E-state index in [-0.39, 0.29) is 10.8 Å². The molecule has 0 aliphatic rings. The molecule has 0 bridgehead atoms. The Morgan fingerprint density at radius 2 is 1.79 bits per heavy atom. The molecule has 3 aromatic rings. The van der Waals surface area contributed by atoms with Crippen molar-refractivity contribution in [3.8, 4) is 0 Å². The maximum Gasteiger partial charge on any atom is 0.248 e. The van der Waals surface area contributed by atoms with Gasteiger partial charge in [-0.2, -0.15) is 5.10 Å². The van der Waals surface area contributed by atoms with E-state index in [9.17, 15) is 13.2 Å². The molecule has 2 aromatic carbocycles. The van der Waals surface area contributed by atoms with Crippen molar-refractivity contribution in [2.75, 3.05) is 19.4 Å². The highest BCUT2D eigenvalue weighted by molar-refractivity contribution is 7.89. The number of sulfonamides is 1. The lowest BCUT2D eigenvalue weighted by atomic mass is 10.2. The second-order valence-corrected chi connectivity index (χ2v) is 8.74. The lowest BCUT2D eigenvalue weighted by Gasteiger charge is -2.11. The Balaban J connectivity index is 1.59. The van der Waals surface area contributed by atoms with Crippen LogP contribution in [0.1, 0.15) is 11.1 Å². The van der Waals surface area contributed by atoms with E-state index in [2.05, 4.69) is 10.4 Å². The number of nitrogens with zero attached hydrogens (tertiary/aromatic N) is 3. The number of carbonyl (C=O) groups is 1. The number of anilines is 1. The first-order valence-electron chi connectivity index (χ1n) is 8.92. The average molecular weight is 410 g/mol.